The predicted octanol–water partition coefficient (Wildman–Crippen LogP) is 4.55. The Morgan fingerprint density at radius 1 is 1.28 bits per heavy atom. The van der Waals surface area contributed by atoms with E-state index in [2.05, 4.69) is 45.9 Å². The van der Waals surface area contributed by atoms with E-state index in [1.807, 2.05) is 6.07 Å². The van der Waals surface area contributed by atoms with Crippen molar-refractivity contribution in [2.24, 2.45) is 0 Å². The quantitative estimate of drug-likeness (QED) is 0.773. The summed E-state index contributed by atoms with van der Waals surface area (Å²) in [5.41, 5.74) is 3.07. The van der Waals surface area contributed by atoms with Crippen LogP contribution in [0.1, 0.15) is 51.0 Å². The van der Waals surface area contributed by atoms with Gasteiger partial charge in [-0.3, -0.25) is 0 Å². The van der Waals surface area contributed by atoms with Crippen LogP contribution in [0.15, 0.2) is 22.6 Å². The molecule has 2 heteroatoms. The van der Waals surface area contributed by atoms with Gasteiger partial charge in [0.1, 0.15) is 11.7 Å². The third kappa shape index (κ3) is 2.13. The van der Waals surface area contributed by atoms with Crippen molar-refractivity contribution in [1.82, 2.24) is 0 Å². The zero-order valence-corrected chi connectivity index (χ0v) is 11.5. The molecule has 0 saturated carbocycles. The largest absolute Gasteiger partial charge is 0.445 e. The first-order valence-corrected chi connectivity index (χ1v) is 6.43. The van der Waals surface area contributed by atoms with E-state index in [0.717, 1.165) is 29.4 Å². The first-order valence-electron chi connectivity index (χ1n) is 6.43. The summed E-state index contributed by atoms with van der Waals surface area (Å²) in [5.74, 6) is 0.450. The number of rotatable bonds is 2. The van der Waals surface area contributed by atoms with Crippen LogP contribution in [0.4, 0.5) is 0 Å². The topological polar surface area (TPSA) is 36.9 Å². The highest BCUT2D eigenvalue weighted by molar-refractivity contribution is 5.85. The Morgan fingerprint density at radius 2 is 2.00 bits per heavy atom. The number of nitriles is 1. The van der Waals surface area contributed by atoms with Gasteiger partial charge in [0.25, 0.3) is 0 Å². The van der Waals surface area contributed by atoms with Crippen molar-refractivity contribution < 1.29 is 4.42 Å². The van der Waals surface area contributed by atoms with Gasteiger partial charge in [0.05, 0.1) is 0 Å². The van der Waals surface area contributed by atoms with Crippen molar-refractivity contribution in [3.63, 3.8) is 0 Å². The Balaban J connectivity index is 2.72. The molecule has 0 amide bonds. The number of hydrogen-bond donors (Lipinski definition) is 0. The van der Waals surface area contributed by atoms with Gasteiger partial charge in [-0.05, 0) is 29.5 Å². The van der Waals surface area contributed by atoms with Crippen molar-refractivity contribution in [3.8, 4) is 6.07 Å². The number of benzene rings is 1. The second kappa shape index (κ2) is 4.49. The minimum Gasteiger partial charge on any atom is -0.445 e. The molecule has 0 aliphatic rings. The zero-order valence-electron chi connectivity index (χ0n) is 11.5. The summed E-state index contributed by atoms with van der Waals surface area (Å²) in [4.78, 5) is 0. The molecule has 0 aliphatic carbocycles. The number of nitrogens with zero attached hydrogens (tertiary/aromatic N) is 1. The Hall–Kier alpha value is -1.75. The molecule has 0 unspecified atom stereocenters. The second-order valence-electron chi connectivity index (χ2n) is 5.75. The number of hydrogen-bond acceptors (Lipinski definition) is 2. The second-order valence-corrected chi connectivity index (χ2v) is 5.75. The highest BCUT2D eigenvalue weighted by atomic mass is 16.3. The lowest BCUT2D eigenvalue weighted by Gasteiger charge is -2.17. The van der Waals surface area contributed by atoms with E-state index >= 15 is 0 Å². The molecule has 94 valence electrons. The van der Waals surface area contributed by atoms with E-state index in [-0.39, 0.29) is 5.41 Å². The van der Waals surface area contributed by atoms with Crippen molar-refractivity contribution >= 4 is 11.0 Å². The lowest BCUT2D eigenvalue weighted by Crippen LogP contribution is -2.12. The van der Waals surface area contributed by atoms with Gasteiger partial charge in [0.2, 0.25) is 5.76 Å². The van der Waals surface area contributed by atoms with Crippen LogP contribution in [0.5, 0.6) is 0 Å². The maximum Gasteiger partial charge on any atom is 0.208 e. The van der Waals surface area contributed by atoms with Crippen LogP contribution in [0, 0.1) is 11.3 Å². The Morgan fingerprint density at radius 3 is 2.56 bits per heavy atom. The fourth-order valence-corrected chi connectivity index (χ4v) is 2.41. The highest BCUT2D eigenvalue weighted by Gasteiger charge is 2.25. The Kier molecular flexibility index (Phi) is 3.17. The van der Waals surface area contributed by atoms with Crippen molar-refractivity contribution in [2.45, 2.75) is 46.0 Å². The third-order valence-electron chi connectivity index (χ3n) is 3.14. The van der Waals surface area contributed by atoms with Crippen LogP contribution in [0.2, 0.25) is 0 Å². The minimum atomic E-state index is -0.0822. The van der Waals surface area contributed by atoms with Gasteiger partial charge >= 0.3 is 0 Å². The van der Waals surface area contributed by atoms with Gasteiger partial charge in [-0.25, -0.2) is 0 Å². The van der Waals surface area contributed by atoms with Gasteiger partial charge in [0.15, 0.2) is 0 Å². The molecule has 0 spiro atoms. The molecule has 0 bridgehead atoms. The molecule has 2 rings (SSSR count). The van der Waals surface area contributed by atoms with Crippen molar-refractivity contribution in [3.05, 3.63) is 35.1 Å². The fraction of sp³-hybridized carbons (Fsp3) is 0.438. The maximum atomic E-state index is 9.21. The normalized spacial score (nSPS) is 11.7. The molecule has 0 atom stereocenters. The van der Waals surface area contributed by atoms with Gasteiger partial charge in [-0.2, -0.15) is 5.26 Å². The van der Waals surface area contributed by atoms with Gasteiger partial charge in [-0.15, -0.1) is 0 Å². The first-order chi connectivity index (χ1) is 8.47. The zero-order chi connectivity index (χ0) is 13.3. The molecule has 0 radical (unpaired) electrons. The molecule has 0 saturated heterocycles. The molecule has 2 aromatic rings. The molecule has 1 heterocycles. The average Bonchev–Trinajstić information content (AvgIpc) is 2.66. The summed E-state index contributed by atoms with van der Waals surface area (Å²) in [6.45, 7) is 8.52. The van der Waals surface area contributed by atoms with E-state index in [4.69, 9.17) is 4.42 Å². The van der Waals surface area contributed by atoms with Crippen LogP contribution in [0.3, 0.4) is 0 Å². The predicted molar refractivity (Wildman–Crippen MR) is 73.6 cm³/mol. The van der Waals surface area contributed by atoms with Gasteiger partial charge in [0, 0.05) is 10.9 Å². The fourth-order valence-electron chi connectivity index (χ4n) is 2.41. The number of fused-ring (bicyclic) bond motifs is 1. The van der Waals surface area contributed by atoms with Crippen LogP contribution < -0.4 is 0 Å². The lowest BCUT2D eigenvalue weighted by atomic mass is 9.84. The first kappa shape index (κ1) is 12.7. The summed E-state index contributed by atoms with van der Waals surface area (Å²) < 4.78 is 5.65. The van der Waals surface area contributed by atoms with E-state index in [1.54, 1.807) is 0 Å². The molecule has 2 nitrogen and oxygen atoms in total. The number of furan rings is 1. The molecule has 0 aliphatic heterocycles. The van der Waals surface area contributed by atoms with Crippen molar-refractivity contribution in [1.29, 1.82) is 5.26 Å². The molecular formula is C16H19NO. The molecular weight excluding hydrogens is 222 g/mol. The summed E-state index contributed by atoms with van der Waals surface area (Å²) in [6, 6.07) is 8.42. The van der Waals surface area contributed by atoms with Gasteiger partial charge < -0.3 is 4.42 Å². The van der Waals surface area contributed by atoms with Crippen LogP contribution >= 0.6 is 0 Å². The molecule has 1 aromatic heterocycles. The SMILES string of the molecule is CCCc1ccc2oc(C#N)c(C(C)(C)C)c2c1. The van der Waals surface area contributed by atoms with Gasteiger partial charge in [-0.1, -0.05) is 40.2 Å². The standard InChI is InChI=1S/C16H19NO/c1-5-6-11-7-8-13-12(9-11)15(16(2,3)4)14(10-17)18-13/h7-9H,5-6H2,1-4H3. The molecule has 0 N–H and O–H groups in total. The summed E-state index contributed by atoms with van der Waals surface area (Å²) in [5, 5.41) is 10.3. The molecule has 1 aromatic carbocycles. The maximum absolute atomic E-state index is 9.21. The van der Waals surface area contributed by atoms with Crippen molar-refractivity contribution in [2.75, 3.05) is 0 Å². The van der Waals surface area contributed by atoms with Crippen LogP contribution in [-0.2, 0) is 11.8 Å². The third-order valence-corrected chi connectivity index (χ3v) is 3.14. The average molecular weight is 241 g/mol. The van der Waals surface area contributed by atoms with E-state index in [0.29, 0.717) is 5.76 Å². The summed E-state index contributed by atoms with van der Waals surface area (Å²) in [7, 11) is 0. The Labute approximate surface area is 108 Å². The lowest BCUT2D eigenvalue weighted by molar-refractivity contribution is 0.546. The smallest absolute Gasteiger partial charge is 0.208 e. The summed E-state index contributed by atoms with van der Waals surface area (Å²) in [6.07, 6.45) is 2.19. The minimum absolute atomic E-state index is 0.0822. The van der Waals surface area contributed by atoms with E-state index in [9.17, 15) is 5.26 Å². The highest BCUT2D eigenvalue weighted by Crippen LogP contribution is 2.35. The van der Waals surface area contributed by atoms with E-state index < -0.39 is 0 Å². The Bertz CT molecular complexity index is 608. The van der Waals surface area contributed by atoms with E-state index in [1.165, 1.54) is 5.56 Å². The molecule has 0 fully saturated rings. The van der Waals surface area contributed by atoms with Crippen LogP contribution in [0.25, 0.3) is 11.0 Å². The summed E-state index contributed by atoms with van der Waals surface area (Å²) >= 11 is 0. The molecule has 18 heavy (non-hydrogen) atoms. The van der Waals surface area contributed by atoms with Crippen LogP contribution in [-0.4, -0.2) is 0 Å². The number of aryl methyl sites for hydroxylation is 1. The monoisotopic (exact) mass is 241 g/mol.